The average molecular weight is 935 g/mol. The second-order valence-corrected chi connectivity index (χ2v) is 17.3. The van der Waals surface area contributed by atoms with E-state index in [1.54, 1.807) is 24.1 Å². The number of ether oxygens (including phenoxy) is 4. The maximum Gasteiger partial charge on any atom is 0.416 e. The third-order valence-corrected chi connectivity index (χ3v) is 12.6. The summed E-state index contributed by atoms with van der Waals surface area (Å²) in [4.78, 5) is 28.2. The van der Waals surface area contributed by atoms with E-state index in [9.17, 15) is 49.1 Å². The molecule has 0 bridgehead atoms. The molecule has 0 N–H and O–H groups in total. The summed E-state index contributed by atoms with van der Waals surface area (Å²) in [6.45, 7) is 0.652. The Hall–Kier alpha value is -5.61. The molecule has 4 aliphatic rings. The molecule has 2 heterocycles. The lowest BCUT2D eigenvalue weighted by molar-refractivity contribution is -0.143. The number of carbonyl (C=O) groups is 2. The molecule has 0 radical (unpaired) electrons. The Morgan fingerprint density at radius 1 is 0.485 bits per heavy atom. The minimum absolute atomic E-state index is 0.000947. The van der Waals surface area contributed by atoms with Crippen LogP contribution in [-0.4, -0.2) is 61.1 Å². The largest absolute Gasteiger partial charge is 0.493 e. The average Bonchev–Trinajstić information content (AvgIpc) is 4.11. The molecule has 8 nitrogen and oxygen atoms in total. The zero-order valence-electron chi connectivity index (χ0n) is 36.5. The van der Waals surface area contributed by atoms with Gasteiger partial charge in [-0.15, -0.1) is 0 Å². The van der Waals surface area contributed by atoms with Crippen LogP contribution in [0.25, 0.3) is 0 Å². The number of likely N-dealkylation sites (tertiary alicyclic amines) is 2. The molecule has 2 saturated heterocycles. The second-order valence-electron chi connectivity index (χ2n) is 17.3. The highest BCUT2D eigenvalue weighted by atomic mass is 19.4. The molecule has 4 fully saturated rings. The fourth-order valence-electron chi connectivity index (χ4n) is 9.10. The van der Waals surface area contributed by atoms with Gasteiger partial charge in [0.1, 0.15) is 0 Å². The molecule has 2 amide bonds. The van der Waals surface area contributed by atoms with Gasteiger partial charge in [-0.3, -0.25) is 9.59 Å². The van der Waals surface area contributed by atoms with Crippen molar-refractivity contribution in [1.29, 1.82) is 0 Å². The van der Waals surface area contributed by atoms with E-state index < -0.39 is 35.2 Å². The summed E-state index contributed by atoms with van der Waals surface area (Å²) < 4.78 is 140. The SMILES string of the molecule is COc1ccc(C2CC(=O)N(Cc3cc(C(F)(F)F)cc(C(F)(F)F)c3)C2)cc1OC1CCCC1.COc1ccc([C@H]2CC(=O)N(Cc3ccc(C(F)(F)F)cc3)C2)cc1OC1CCCC1. The summed E-state index contributed by atoms with van der Waals surface area (Å²) in [7, 11) is 3.14. The summed E-state index contributed by atoms with van der Waals surface area (Å²) in [6.07, 6.45) is -5.00. The van der Waals surface area contributed by atoms with Gasteiger partial charge in [0, 0.05) is 50.9 Å². The van der Waals surface area contributed by atoms with Crippen LogP contribution in [0, 0.1) is 0 Å². The number of carbonyl (C=O) groups excluding carboxylic acids is 2. The highest BCUT2D eigenvalue weighted by molar-refractivity contribution is 5.80. The highest BCUT2D eigenvalue weighted by Gasteiger charge is 2.39. The van der Waals surface area contributed by atoms with Crippen molar-refractivity contribution < 1.29 is 68.1 Å². The van der Waals surface area contributed by atoms with Crippen molar-refractivity contribution in [2.24, 2.45) is 0 Å². The van der Waals surface area contributed by atoms with E-state index in [-0.39, 0.29) is 67.0 Å². The van der Waals surface area contributed by atoms with E-state index >= 15 is 0 Å². The lowest BCUT2D eigenvalue weighted by atomic mass is 9.98. The number of nitrogens with zero attached hydrogens (tertiary/aromatic N) is 2. The van der Waals surface area contributed by atoms with Crippen LogP contribution in [0.15, 0.2) is 78.9 Å². The van der Waals surface area contributed by atoms with Crippen molar-refractivity contribution in [3.05, 3.63) is 118 Å². The minimum Gasteiger partial charge on any atom is -0.493 e. The van der Waals surface area contributed by atoms with Crippen LogP contribution in [-0.2, 0) is 41.2 Å². The van der Waals surface area contributed by atoms with Gasteiger partial charge in [-0.05, 0) is 128 Å². The van der Waals surface area contributed by atoms with Gasteiger partial charge in [-0.25, -0.2) is 0 Å². The van der Waals surface area contributed by atoms with Gasteiger partial charge in [0.05, 0.1) is 43.1 Å². The molecule has 4 aromatic rings. The van der Waals surface area contributed by atoms with E-state index in [1.165, 1.54) is 37.0 Å². The molecule has 0 aromatic heterocycles. The number of benzene rings is 4. The van der Waals surface area contributed by atoms with Crippen LogP contribution in [0.4, 0.5) is 39.5 Å². The molecule has 2 atom stereocenters. The first-order valence-electron chi connectivity index (χ1n) is 22.0. The topological polar surface area (TPSA) is 77.5 Å². The van der Waals surface area contributed by atoms with E-state index in [2.05, 4.69) is 0 Å². The van der Waals surface area contributed by atoms with E-state index in [0.29, 0.717) is 60.2 Å². The zero-order chi connectivity index (χ0) is 47.4. The minimum atomic E-state index is -4.94. The van der Waals surface area contributed by atoms with Crippen LogP contribution in [0.1, 0.15) is 115 Å². The molecule has 2 aliphatic carbocycles. The highest BCUT2D eigenvalue weighted by Crippen LogP contribution is 2.41. The van der Waals surface area contributed by atoms with Crippen molar-refractivity contribution in [1.82, 2.24) is 9.80 Å². The maximum absolute atomic E-state index is 13.2. The number of hydrogen-bond donors (Lipinski definition) is 0. The van der Waals surface area contributed by atoms with Gasteiger partial charge < -0.3 is 28.7 Å². The molecule has 8 rings (SSSR count). The Morgan fingerprint density at radius 3 is 1.26 bits per heavy atom. The van der Waals surface area contributed by atoms with E-state index in [0.717, 1.165) is 61.8 Å². The molecular weight excluding hydrogens is 884 g/mol. The number of halogens is 9. The monoisotopic (exact) mass is 934 g/mol. The van der Waals surface area contributed by atoms with Crippen molar-refractivity contribution in [3.63, 3.8) is 0 Å². The third kappa shape index (κ3) is 12.0. The molecule has 17 heteroatoms. The van der Waals surface area contributed by atoms with Gasteiger partial charge in [0.25, 0.3) is 0 Å². The van der Waals surface area contributed by atoms with Crippen LogP contribution in [0.3, 0.4) is 0 Å². The molecule has 1 unspecified atom stereocenters. The number of amides is 2. The Kier molecular flexibility index (Phi) is 14.7. The summed E-state index contributed by atoms with van der Waals surface area (Å²) in [6, 6.07) is 17.6. The van der Waals surface area contributed by atoms with Crippen molar-refractivity contribution in [2.45, 2.75) is 120 Å². The van der Waals surface area contributed by atoms with Crippen molar-refractivity contribution in [3.8, 4) is 23.0 Å². The number of methoxy groups -OCH3 is 2. The number of hydrogen-bond acceptors (Lipinski definition) is 6. The fraction of sp³-hybridized carbons (Fsp3) is 0.469. The predicted octanol–water partition coefficient (Wildman–Crippen LogP) is 12.1. The fourth-order valence-corrected chi connectivity index (χ4v) is 9.10. The third-order valence-electron chi connectivity index (χ3n) is 12.6. The molecule has 4 aromatic carbocycles. The first-order valence-corrected chi connectivity index (χ1v) is 22.0. The zero-order valence-corrected chi connectivity index (χ0v) is 36.5. The quantitative estimate of drug-likeness (QED) is 0.132. The molecular formula is C49H51F9N2O6. The van der Waals surface area contributed by atoms with Crippen LogP contribution >= 0.6 is 0 Å². The van der Waals surface area contributed by atoms with Crippen molar-refractivity contribution >= 4 is 11.8 Å². The Balaban J connectivity index is 0.000000198. The first kappa shape index (κ1) is 48.3. The van der Waals surface area contributed by atoms with Gasteiger partial charge in [-0.2, -0.15) is 39.5 Å². The Labute approximate surface area is 376 Å². The molecule has 2 aliphatic heterocycles. The Bertz CT molecular complexity index is 2290. The Morgan fingerprint density at radius 2 is 0.879 bits per heavy atom. The lowest BCUT2D eigenvalue weighted by Gasteiger charge is -2.20. The van der Waals surface area contributed by atoms with Crippen LogP contribution in [0.5, 0.6) is 23.0 Å². The number of rotatable bonds is 12. The molecule has 66 heavy (non-hydrogen) atoms. The van der Waals surface area contributed by atoms with Gasteiger partial charge in [-0.1, -0.05) is 24.3 Å². The van der Waals surface area contributed by atoms with Crippen LogP contribution in [0.2, 0.25) is 0 Å². The molecule has 0 spiro atoms. The number of alkyl halides is 9. The first-order chi connectivity index (χ1) is 31.3. The van der Waals surface area contributed by atoms with E-state index in [4.69, 9.17) is 18.9 Å². The van der Waals surface area contributed by atoms with Crippen LogP contribution < -0.4 is 18.9 Å². The normalized spacial score (nSPS) is 19.6. The maximum atomic E-state index is 13.2. The van der Waals surface area contributed by atoms with Gasteiger partial charge >= 0.3 is 18.5 Å². The standard InChI is InChI=1S/C25H25F6NO3.C24H26F3NO3/c1-34-21-7-6-16(10-22(21)35-20-4-2-3-5-20)17-11-23(33)32(14-17)13-15-8-18(24(26,27)28)12-19(9-15)25(29,30)31;1-30-21-11-8-17(12-22(21)31-20-4-2-3-5-20)18-13-23(29)28(15-18)14-16-6-9-19(10-7-16)24(25,26)27/h6-10,12,17,20H,2-5,11,13-14H2,1H3;6-12,18,20H,2-5,13-15H2,1H3/t;18-/m.0/s1. The lowest BCUT2D eigenvalue weighted by Crippen LogP contribution is -2.25. The second kappa shape index (κ2) is 20.1. The molecule has 2 saturated carbocycles. The summed E-state index contributed by atoms with van der Waals surface area (Å²) in [5.74, 6) is 1.92. The summed E-state index contributed by atoms with van der Waals surface area (Å²) in [5, 5.41) is 0. The van der Waals surface area contributed by atoms with E-state index in [1.807, 2.05) is 24.3 Å². The van der Waals surface area contributed by atoms with Crippen molar-refractivity contribution in [2.75, 3.05) is 27.3 Å². The smallest absolute Gasteiger partial charge is 0.416 e. The van der Waals surface area contributed by atoms with Gasteiger partial charge in [0.2, 0.25) is 11.8 Å². The predicted molar refractivity (Wildman–Crippen MR) is 225 cm³/mol. The summed E-state index contributed by atoms with van der Waals surface area (Å²) in [5.41, 5.74) is -1.20. The van der Waals surface area contributed by atoms with Gasteiger partial charge in [0.15, 0.2) is 23.0 Å². The summed E-state index contributed by atoms with van der Waals surface area (Å²) >= 11 is 0. The molecule has 356 valence electrons.